The predicted molar refractivity (Wildman–Crippen MR) is 90.8 cm³/mol. The molecule has 1 N–H and O–H groups in total. The first-order chi connectivity index (χ1) is 12.3. The highest BCUT2D eigenvalue weighted by Crippen LogP contribution is 2.13. The summed E-state index contributed by atoms with van der Waals surface area (Å²) in [6.07, 6.45) is 1.12. The second kappa shape index (κ2) is 8.63. The van der Waals surface area contributed by atoms with Gasteiger partial charge in [-0.15, -0.1) is 0 Å². The number of carbonyl (C=O) groups is 2. The molecule has 8 nitrogen and oxygen atoms in total. The molecular formula is C17H19NO7S. The summed E-state index contributed by atoms with van der Waals surface area (Å²) < 4.78 is 41.2. The Morgan fingerprint density at radius 2 is 1.85 bits per heavy atom. The maximum absolute atomic E-state index is 12.1. The van der Waals surface area contributed by atoms with Crippen molar-refractivity contribution in [2.75, 3.05) is 13.7 Å². The number of carbonyl (C=O) groups excluding carboxylic acids is 2. The van der Waals surface area contributed by atoms with E-state index in [-0.39, 0.29) is 35.8 Å². The van der Waals surface area contributed by atoms with Gasteiger partial charge in [0, 0.05) is 6.54 Å². The molecule has 2 aromatic rings. The third-order valence-corrected chi connectivity index (χ3v) is 4.94. The highest BCUT2D eigenvalue weighted by atomic mass is 32.2. The van der Waals surface area contributed by atoms with Crippen LogP contribution in [0.2, 0.25) is 0 Å². The number of benzene rings is 1. The molecule has 0 spiro atoms. The lowest BCUT2D eigenvalue weighted by Crippen LogP contribution is -2.26. The molecular weight excluding hydrogens is 362 g/mol. The smallest absolute Gasteiger partial charge is 0.341 e. The van der Waals surface area contributed by atoms with Crippen LogP contribution in [0.3, 0.4) is 0 Å². The van der Waals surface area contributed by atoms with E-state index in [1.165, 1.54) is 31.6 Å². The van der Waals surface area contributed by atoms with Gasteiger partial charge in [-0.2, -0.15) is 0 Å². The molecule has 0 radical (unpaired) electrons. The Labute approximate surface area is 151 Å². The summed E-state index contributed by atoms with van der Waals surface area (Å²) in [5, 5.41) is 0. The van der Waals surface area contributed by atoms with Gasteiger partial charge in [-0.1, -0.05) is 17.7 Å². The number of sulfonamides is 1. The molecule has 0 aliphatic carbocycles. The molecule has 0 aliphatic heterocycles. The van der Waals surface area contributed by atoms with Crippen molar-refractivity contribution in [3.05, 3.63) is 53.5 Å². The van der Waals surface area contributed by atoms with Gasteiger partial charge in [-0.25, -0.2) is 17.9 Å². The van der Waals surface area contributed by atoms with Gasteiger partial charge in [0.25, 0.3) is 0 Å². The second-order valence-electron chi connectivity index (χ2n) is 5.37. The van der Waals surface area contributed by atoms with Gasteiger partial charge in [-0.3, -0.25) is 4.79 Å². The lowest BCUT2D eigenvalue weighted by atomic mass is 10.2. The van der Waals surface area contributed by atoms with Crippen molar-refractivity contribution in [2.45, 2.75) is 24.8 Å². The molecule has 140 valence electrons. The van der Waals surface area contributed by atoms with Gasteiger partial charge in [0.2, 0.25) is 10.0 Å². The Morgan fingerprint density at radius 3 is 2.50 bits per heavy atom. The first-order valence-electron chi connectivity index (χ1n) is 7.70. The van der Waals surface area contributed by atoms with Crippen molar-refractivity contribution in [2.24, 2.45) is 0 Å². The Hall–Kier alpha value is -2.65. The topological polar surface area (TPSA) is 112 Å². The highest BCUT2D eigenvalue weighted by Gasteiger charge is 2.17. The van der Waals surface area contributed by atoms with Gasteiger partial charge in [0.05, 0.1) is 24.7 Å². The van der Waals surface area contributed by atoms with Crippen molar-refractivity contribution in [3.8, 4) is 0 Å². The predicted octanol–water partition coefficient (Wildman–Crippen LogP) is 1.79. The van der Waals surface area contributed by atoms with Crippen LogP contribution >= 0.6 is 0 Å². The van der Waals surface area contributed by atoms with E-state index in [1.807, 2.05) is 6.92 Å². The highest BCUT2D eigenvalue weighted by molar-refractivity contribution is 7.89. The molecule has 2 rings (SSSR count). The number of ether oxygens (including phenoxy) is 2. The molecule has 0 unspecified atom stereocenters. The van der Waals surface area contributed by atoms with E-state index in [1.54, 1.807) is 12.1 Å². The van der Waals surface area contributed by atoms with Crippen LogP contribution in [0.15, 0.2) is 45.9 Å². The van der Waals surface area contributed by atoms with Crippen LogP contribution in [0, 0.1) is 6.92 Å². The summed E-state index contributed by atoms with van der Waals surface area (Å²) in [4.78, 5) is 23.3. The minimum absolute atomic E-state index is 0.114. The maximum atomic E-state index is 12.1. The van der Waals surface area contributed by atoms with Crippen LogP contribution in [0.1, 0.15) is 28.1 Å². The zero-order chi connectivity index (χ0) is 19.2. The lowest BCUT2D eigenvalue weighted by Gasteiger charge is -2.07. The fraction of sp³-hybridized carbons (Fsp3) is 0.294. The van der Waals surface area contributed by atoms with Gasteiger partial charge >= 0.3 is 11.9 Å². The molecule has 1 aromatic carbocycles. The fourth-order valence-corrected chi connectivity index (χ4v) is 3.08. The number of hydrogen-bond acceptors (Lipinski definition) is 7. The van der Waals surface area contributed by atoms with Crippen LogP contribution in [-0.2, 0) is 30.9 Å². The summed E-state index contributed by atoms with van der Waals surface area (Å²) in [6.45, 7) is 1.49. The molecule has 26 heavy (non-hydrogen) atoms. The second-order valence-corrected chi connectivity index (χ2v) is 7.14. The van der Waals surface area contributed by atoms with Crippen molar-refractivity contribution in [1.29, 1.82) is 0 Å². The maximum Gasteiger partial charge on any atom is 0.341 e. The molecule has 0 fully saturated rings. The van der Waals surface area contributed by atoms with E-state index in [2.05, 4.69) is 9.46 Å². The standard InChI is InChI=1S/C17H19NO7S/c1-12-3-5-13(6-4-12)26(21,22)18-9-7-16(19)25-11-15-14(8-10-24-15)17(20)23-2/h3-6,8,10,18H,7,9,11H2,1-2H3. The van der Waals surface area contributed by atoms with E-state index in [9.17, 15) is 18.0 Å². The van der Waals surface area contributed by atoms with Gasteiger partial charge in [-0.05, 0) is 25.1 Å². The van der Waals surface area contributed by atoms with E-state index in [4.69, 9.17) is 9.15 Å². The Kier molecular flexibility index (Phi) is 6.53. The zero-order valence-electron chi connectivity index (χ0n) is 14.4. The monoisotopic (exact) mass is 381 g/mol. The molecule has 0 amide bonds. The van der Waals surface area contributed by atoms with Gasteiger partial charge in [0.15, 0.2) is 5.76 Å². The lowest BCUT2D eigenvalue weighted by molar-refractivity contribution is -0.145. The number of methoxy groups -OCH3 is 1. The van der Waals surface area contributed by atoms with E-state index < -0.39 is 22.0 Å². The summed E-state index contributed by atoms with van der Waals surface area (Å²) >= 11 is 0. The van der Waals surface area contributed by atoms with E-state index >= 15 is 0 Å². The molecule has 1 heterocycles. The Bertz CT molecular complexity index is 869. The summed E-state index contributed by atoms with van der Waals surface area (Å²) in [6, 6.07) is 7.75. The van der Waals surface area contributed by atoms with Gasteiger partial charge < -0.3 is 13.9 Å². The van der Waals surface area contributed by atoms with Crippen LogP contribution in [-0.4, -0.2) is 34.0 Å². The number of esters is 2. The fourth-order valence-electron chi connectivity index (χ4n) is 2.05. The number of furan rings is 1. The minimum atomic E-state index is -3.69. The Balaban J connectivity index is 1.81. The van der Waals surface area contributed by atoms with Gasteiger partial charge in [0.1, 0.15) is 12.2 Å². The third-order valence-electron chi connectivity index (χ3n) is 3.47. The number of rotatable bonds is 8. The molecule has 0 saturated carbocycles. The number of hydrogen-bond donors (Lipinski definition) is 1. The molecule has 0 atom stereocenters. The van der Waals surface area contributed by atoms with E-state index in [0.29, 0.717) is 0 Å². The normalized spacial score (nSPS) is 11.2. The summed E-state index contributed by atoms with van der Waals surface area (Å²) in [5.74, 6) is -1.08. The molecule has 0 saturated heterocycles. The average molecular weight is 381 g/mol. The zero-order valence-corrected chi connectivity index (χ0v) is 15.2. The molecule has 0 bridgehead atoms. The van der Waals surface area contributed by atoms with Crippen molar-refractivity contribution in [3.63, 3.8) is 0 Å². The first-order valence-corrected chi connectivity index (χ1v) is 9.18. The largest absolute Gasteiger partial charge is 0.465 e. The van der Waals surface area contributed by atoms with Crippen molar-refractivity contribution >= 4 is 22.0 Å². The molecule has 0 aliphatic rings. The SMILES string of the molecule is COC(=O)c1ccoc1COC(=O)CCNS(=O)(=O)c1ccc(C)cc1. The van der Waals surface area contributed by atoms with Crippen molar-refractivity contribution in [1.82, 2.24) is 4.72 Å². The molecule has 1 aromatic heterocycles. The average Bonchev–Trinajstić information content (AvgIpc) is 3.08. The van der Waals surface area contributed by atoms with Crippen LogP contribution in [0.5, 0.6) is 0 Å². The number of aryl methyl sites for hydroxylation is 1. The van der Waals surface area contributed by atoms with E-state index in [0.717, 1.165) is 5.56 Å². The van der Waals surface area contributed by atoms with Crippen LogP contribution in [0.4, 0.5) is 0 Å². The summed E-state index contributed by atoms with van der Waals surface area (Å²) in [5.41, 5.74) is 1.11. The van der Waals surface area contributed by atoms with Crippen molar-refractivity contribution < 1.29 is 31.9 Å². The Morgan fingerprint density at radius 1 is 1.15 bits per heavy atom. The number of nitrogens with one attached hydrogen (secondary N) is 1. The van der Waals surface area contributed by atoms with Crippen LogP contribution in [0.25, 0.3) is 0 Å². The third kappa shape index (κ3) is 5.17. The minimum Gasteiger partial charge on any atom is -0.465 e. The molecule has 9 heteroatoms. The first kappa shape index (κ1) is 19.7. The summed E-state index contributed by atoms with van der Waals surface area (Å²) in [7, 11) is -2.46. The van der Waals surface area contributed by atoms with Crippen LogP contribution < -0.4 is 4.72 Å². The quantitative estimate of drug-likeness (QED) is 0.694.